The minimum Gasteiger partial charge on any atom is -0.378 e. The van der Waals surface area contributed by atoms with Crippen molar-refractivity contribution in [2.24, 2.45) is 5.73 Å². The maximum absolute atomic E-state index is 12.5. The first-order valence-corrected chi connectivity index (χ1v) is 6.72. The van der Waals surface area contributed by atoms with Crippen LogP contribution in [-0.2, 0) is 11.2 Å². The van der Waals surface area contributed by atoms with Gasteiger partial charge in [0.15, 0.2) is 5.60 Å². The Morgan fingerprint density at radius 1 is 1.55 bits per heavy atom. The summed E-state index contributed by atoms with van der Waals surface area (Å²) in [4.78, 5) is 29.3. The molecule has 6 heteroatoms. The molecule has 2 rings (SSSR count). The Kier molecular flexibility index (Phi) is 4.04. The number of nitrogens with zero attached hydrogens (tertiary/aromatic N) is 2. The maximum atomic E-state index is 12.5. The summed E-state index contributed by atoms with van der Waals surface area (Å²) in [6, 6.07) is 1.67. The van der Waals surface area contributed by atoms with Crippen molar-refractivity contribution in [3.05, 3.63) is 29.6 Å². The predicted molar refractivity (Wildman–Crippen MR) is 72.9 cm³/mol. The summed E-state index contributed by atoms with van der Waals surface area (Å²) in [5.74, 6) is -0.968. The quantitative estimate of drug-likeness (QED) is 0.818. The first-order valence-electron chi connectivity index (χ1n) is 6.72. The number of carbonyl (C=O) groups is 2. The number of pyridine rings is 1. The summed E-state index contributed by atoms with van der Waals surface area (Å²) in [5.41, 5.74) is 5.02. The Bertz CT molecular complexity index is 532. The van der Waals surface area contributed by atoms with Crippen LogP contribution < -0.4 is 5.73 Å². The predicted octanol–water partition coefficient (Wildman–Crippen LogP) is 0.0964. The van der Waals surface area contributed by atoms with Crippen LogP contribution in [0.5, 0.6) is 0 Å². The molecule has 1 unspecified atom stereocenters. The lowest BCUT2D eigenvalue weighted by molar-refractivity contribution is -0.140. The van der Waals surface area contributed by atoms with Gasteiger partial charge >= 0.3 is 0 Å². The fourth-order valence-electron chi connectivity index (χ4n) is 2.50. The zero-order valence-electron chi connectivity index (χ0n) is 11.5. The molecule has 0 saturated carbocycles. The topological polar surface area (TPSA) is 96.5 Å². The van der Waals surface area contributed by atoms with Gasteiger partial charge in [0.05, 0.1) is 6.54 Å². The second-order valence-electron chi connectivity index (χ2n) is 5.11. The Morgan fingerprint density at radius 2 is 2.30 bits per heavy atom. The molecule has 0 radical (unpaired) electrons. The molecule has 3 N–H and O–H groups in total. The number of piperidine rings is 1. The molecule has 1 aliphatic rings. The van der Waals surface area contributed by atoms with Gasteiger partial charge in [-0.25, -0.2) is 0 Å². The van der Waals surface area contributed by atoms with E-state index in [4.69, 9.17) is 5.73 Å². The Hall–Kier alpha value is -1.95. The second kappa shape index (κ2) is 5.58. The van der Waals surface area contributed by atoms with E-state index >= 15 is 0 Å². The number of hydrogen-bond acceptors (Lipinski definition) is 4. The van der Waals surface area contributed by atoms with Crippen molar-refractivity contribution >= 4 is 11.8 Å². The number of aliphatic hydroxyl groups is 1. The van der Waals surface area contributed by atoms with Crippen molar-refractivity contribution in [2.75, 3.05) is 13.1 Å². The molecule has 1 fully saturated rings. The highest BCUT2D eigenvalue weighted by atomic mass is 16.3. The summed E-state index contributed by atoms with van der Waals surface area (Å²) < 4.78 is 0. The summed E-state index contributed by atoms with van der Waals surface area (Å²) in [5, 5.41) is 10.2. The molecular formula is C14H19N3O3. The molecule has 1 aromatic heterocycles. The molecule has 2 heterocycles. The van der Waals surface area contributed by atoms with Crippen molar-refractivity contribution < 1.29 is 14.7 Å². The molecule has 0 aromatic carbocycles. The minimum absolute atomic E-state index is 0.0490. The molecule has 6 nitrogen and oxygen atoms in total. The van der Waals surface area contributed by atoms with Gasteiger partial charge in [-0.3, -0.25) is 14.6 Å². The minimum atomic E-state index is -1.62. The summed E-state index contributed by atoms with van der Waals surface area (Å²) in [7, 11) is 0. The molecule has 108 valence electrons. The number of likely N-dealkylation sites (tertiary alicyclic amines) is 1. The lowest BCUT2D eigenvalue weighted by Crippen LogP contribution is -2.57. The fourth-order valence-corrected chi connectivity index (χ4v) is 2.50. The molecule has 0 aliphatic carbocycles. The Morgan fingerprint density at radius 3 is 2.95 bits per heavy atom. The SMILES string of the molecule is CCc1cnccc1C(=O)N1CCCC(O)(C(N)=O)C1. The third-order valence-corrected chi connectivity index (χ3v) is 3.73. The lowest BCUT2D eigenvalue weighted by Gasteiger charge is -2.37. The van der Waals surface area contributed by atoms with Gasteiger partial charge in [0.1, 0.15) is 0 Å². The highest BCUT2D eigenvalue weighted by Crippen LogP contribution is 2.23. The third kappa shape index (κ3) is 2.65. The fraction of sp³-hybridized carbons (Fsp3) is 0.500. The lowest BCUT2D eigenvalue weighted by atomic mass is 9.91. The normalized spacial score (nSPS) is 22.6. The Labute approximate surface area is 117 Å². The number of primary amides is 1. The van der Waals surface area contributed by atoms with E-state index in [9.17, 15) is 14.7 Å². The van der Waals surface area contributed by atoms with Gasteiger partial charge in [-0.2, -0.15) is 0 Å². The highest BCUT2D eigenvalue weighted by molar-refractivity contribution is 5.96. The molecule has 0 spiro atoms. The van der Waals surface area contributed by atoms with Crippen molar-refractivity contribution in [1.82, 2.24) is 9.88 Å². The van der Waals surface area contributed by atoms with E-state index in [0.29, 0.717) is 31.4 Å². The van der Waals surface area contributed by atoms with E-state index in [1.54, 1.807) is 18.5 Å². The highest BCUT2D eigenvalue weighted by Gasteiger charge is 2.40. The van der Waals surface area contributed by atoms with Gasteiger partial charge in [-0.15, -0.1) is 0 Å². The van der Waals surface area contributed by atoms with Crippen LogP contribution in [0.4, 0.5) is 0 Å². The van der Waals surface area contributed by atoms with Gasteiger partial charge in [-0.1, -0.05) is 6.92 Å². The van der Waals surface area contributed by atoms with Gasteiger partial charge < -0.3 is 15.7 Å². The molecule has 1 aromatic rings. The average Bonchev–Trinajstić information content (AvgIpc) is 2.46. The van der Waals surface area contributed by atoms with Gasteiger partial charge in [0, 0.05) is 24.5 Å². The number of amides is 2. The number of carbonyl (C=O) groups excluding carboxylic acids is 2. The molecule has 2 amide bonds. The number of aryl methyl sites for hydroxylation is 1. The van der Waals surface area contributed by atoms with Crippen LogP contribution >= 0.6 is 0 Å². The standard InChI is InChI=1S/C14H19N3O3/c1-2-10-8-16-6-4-11(10)12(18)17-7-3-5-14(20,9-17)13(15)19/h4,6,8,20H,2-3,5,7,9H2,1H3,(H2,15,19). The van der Waals surface area contributed by atoms with E-state index in [1.807, 2.05) is 6.92 Å². The number of hydrogen-bond donors (Lipinski definition) is 2. The third-order valence-electron chi connectivity index (χ3n) is 3.73. The number of rotatable bonds is 3. The van der Waals surface area contributed by atoms with Crippen LogP contribution in [-0.4, -0.2) is 45.5 Å². The second-order valence-corrected chi connectivity index (χ2v) is 5.11. The molecule has 1 atom stereocenters. The first-order chi connectivity index (χ1) is 9.48. The van der Waals surface area contributed by atoms with E-state index in [2.05, 4.69) is 4.98 Å². The van der Waals surface area contributed by atoms with Gasteiger partial charge in [0.2, 0.25) is 0 Å². The zero-order valence-corrected chi connectivity index (χ0v) is 11.5. The molecule has 0 bridgehead atoms. The summed E-state index contributed by atoms with van der Waals surface area (Å²) >= 11 is 0. The molecule has 1 saturated heterocycles. The Balaban J connectivity index is 2.23. The van der Waals surface area contributed by atoms with Crippen molar-refractivity contribution in [1.29, 1.82) is 0 Å². The van der Waals surface area contributed by atoms with Gasteiger partial charge in [-0.05, 0) is 30.9 Å². The first kappa shape index (κ1) is 14.5. The van der Waals surface area contributed by atoms with Crippen molar-refractivity contribution in [2.45, 2.75) is 31.8 Å². The number of aromatic nitrogens is 1. The maximum Gasteiger partial charge on any atom is 0.254 e. The van der Waals surface area contributed by atoms with Crippen molar-refractivity contribution in [3.8, 4) is 0 Å². The van der Waals surface area contributed by atoms with E-state index in [0.717, 1.165) is 5.56 Å². The monoisotopic (exact) mass is 277 g/mol. The average molecular weight is 277 g/mol. The molecule has 20 heavy (non-hydrogen) atoms. The van der Waals surface area contributed by atoms with Crippen LogP contribution in [0.2, 0.25) is 0 Å². The summed E-state index contributed by atoms with van der Waals surface area (Å²) in [6.45, 7) is 2.41. The zero-order chi connectivity index (χ0) is 14.8. The summed E-state index contributed by atoms with van der Waals surface area (Å²) in [6.07, 6.45) is 4.78. The van der Waals surface area contributed by atoms with Crippen LogP contribution in [0.25, 0.3) is 0 Å². The van der Waals surface area contributed by atoms with Crippen molar-refractivity contribution in [3.63, 3.8) is 0 Å². The number of β-amino-alcohol motifs (C(OH)–C–C–N with tert-alkyl or cyclic N) is 1. The smallest absolute Gasteiger partial charge is 0.254 e. The van der Waals surface area contributed by atoms with Gasteiger partial charge in [0.25, 0.3) is 11.8 Å². The largest absolute Gasteiger partial charge is 0.378 e. The van der Waals surface area contributed by atoms with E-state index in [1.165, 1.54) is 4.90 Å². The number of nitrogens with two attached hydrogens (primary N) is 1. The van der Waals surface area contributed by atoms with Crippen LogP contribution in [0.1, 0.15) is 35.7 Å². The molecule has 1 aliphatic heterocycles. The molecular weight excluding hydrogens is 258 g/mol. The van der Waals surface area contributed by atoms with Crippen LogP contribution in [0.3, 0.4) is 0 Å². The van der Waals surface area contributed by atoms with Crippen LogP contribution in [0, 0.1) is 0 Å². The van der Waals surface area contributed by atoms with E-state index < -0.39 is 11.5 Å². The van der Waals surface area contributed by atoms with E-state index in [-0.39, 0.29) is 12.5 Å². The van der Waals surface area contributed by atoms with Crippen LogP contribution in [0.15, 0.2) is 18.5 Å².